The summed E-state index contributed by atoms with van der Waals surface area (Å²) in [4.78, 5) is 23.0. The molecular weight excluding hydrogens is 282 g/mol. The fourth-order valence-corrected chi connectivity index (χ4v) is 3.82. The molecule has 0 spiro atoms. The van der Waals surface area contributed by atoms with E-state index in [1.807, 2.05) is 0 Å². The molecule has 0 amide bonds. The Morgan fingerprint density at radius 2 is 2.00 bits per heavy atom. The molecule has 0 saturated heterocycles. The normalized spacial score (nSPS) is 36.1. The fourth-order valence-electron chi connectivity index (χ4n) is 3.70. The minimum Gasteiger partial charge on any atom is -0.383 e. The molecule has 1 aromatic carbocycles. The zero-order chi connectivity index (χ0) is 14.5. The Balaban J connectivity index is 2.08. The van der Waals surface area contributed by atoms with E-state index < -0.39 is 28.4 Å². The largest absolute Gasteiger partial charge is 0.383 e. The Bertz CT molecular complexity index is 573. The summed E-state index contributed by atoms with van der Waals surface area (Å²) in [5, 5.41) is 22.5. The van der Waals surface area contributed by atoms with E-state index in [-0.39, 0.29) is 25.0 Å². The third kappa shape index (κ3) is 1.93. The van der Waals surface area contributed by atoms with Gasteiger partial charge in [0, 0.05) is 22.3 Å². The van der Waals surface area contributed by atoms with Gasteiger partial charge in [-0.1, -0.05) is 23.7 Å². The van der Waals surface area contributed by atoms with Gasteiger partial charge in [-0.3, -0.25) is 14.9 Å². The average molecular weight is 296 g/mol. The van der Waals surface area contributed by atoms with Crippen LogP contribution in [0.5, 0.6) is 0 Å². The van der Waals surface area contributed by atoms with Crippen LogP contribution in [0.2, 0.25) is 5.02 Å². The molecule has 0 aromatic heterocycles. The third-order valence-corrected chi connectivity index (χ3v) is 4.85. The second kappa shape index (κ2) is 4.53. The zero-order valence-corrected chi connectivity index (χ0v) is 11.4. The van der Waals surface area contributed by atoms with Crippen molar-refractivity contribution >= 4 is 17.4 Å². The summed E-state index contributed by atoms with van der Waals surface area (Å²) in [5.74, 6) is -1.02. The van der Waals surface area contributed by atoms with Crippen LogP contribution in [-0.4, -0.2) is 27.5 Å². The van der Waals surface area contributed by atoms with Crippen LogP contribution in [0.4, 0.5) is 0 Å². The number of halogens is 1. The van der Waals surface area contributed by atoms with Gasteiger partial charge in [-0.15, -0.1) is 0 Å². The van der Waals surface area contributed by atoms with Crippen LogP contribution < -0.4 is 0 Å². The molecule has 2 saturated carbocycles. The van der Waals surface area contributed by atoms with Gasteiger partial charge in [0.2, 0.25) is 6.04 Å². The highest BCUT2D eigenvalue weighted by Crippen LogP contribution is 2.52. The van der Waals surface area contributed by atoms with E-state index in [0.29, 0.717) is 10.6 Å². The van der Waals surface area contributed by atoms with E-state index in [4.69, 9.17) is 11.6 Å². The van der Waals surface area contributed by atoms with E-state index in [1.54, 1.807) is 24.3 Å². The van der Waals surface area contributed by atoms with Crippen molar-refractivity contribution in [2.24, 2.45) is 5.92 Å². The number of fused-ring (bicyclic) bond motifs is 2. The quantitative estimate of drug-likeness (QED) is 0.670. The van der Waals surface area contributed by atoms with Gasteiger partial charge in [-0.2, -0.15) is 0 Å². The number of ketones is 1. The van der Waals surface area contributed by atoms with Gasteiger partial charge in [0.25, 0.3) is 0 Å². The molecule has 0 radical (unpaired) electrons. The first-order valence-corrected chi connectivity index (χ1v) is 6.94. The molecule has 0 aliphatic heterocycles. The van der Waals surface area contributed by atoms with Gasteiger partial charge in [-0.25, -0.2) is 0 Å². The molecule has 6 heteroatoms. The summed E-state index contributed by atoms with van der Waals surface area (Å²) in [6.45, 7) is 0. The highest BCUT2D eigenvalue weighted by Gasteiger charge is 2.64. The topological polar surface area (TPSA) is 80.4 Å². The molecule has 3 rings (SSSR count). The maximum absolute atomic E-state index is 12.1. The van der Waals surface area contributed by atoms with Crippen molar-refractivity contribution in [3.63, 3.8) is 0 Å². The van der Waals surface area contributed by atoms with Gasteiger partial charge < -0.3 is 5.11 Å². The summed E-state index contributed by atoms with van der Waals surface area (Å²) in [7, 11) is 0. The highest BCUT2D eigenvalue weighted by molar-refractivity contribution is 6.30. The Morgan fingerprint density at radius 3 is 2.60 bits per heavy atom. The number of Topliss-reactive ketones (excluding diaryl/α,β-unsaturated/α-hetero) is 1. The number of hydrogen-bond donors (Lipinski definition) is 1. The summed E-state index contributed by atoms with van der Waals surface area (Å²) in [6.07, 6.45) is 0.582. The van der Waals surface area contributed by atoms with Crippen LogP contribution in [0, 0.1) is 16.0 Å². The number of carbonyl (C=O) groups is 1. The number of hydrogen-bond acceptors (Lipinski definition) is 4. The Morgan fingerprint density at radius 1 is 1.35 bits per heavy atom. The smallest absolute Gasteiger partial charge is 0.248 e. The third-order valence-electron chi connectivity index (χ3n) is 4.60. The molecule has 2 aliphatic carbocycles. The number of rotatable bonds is 2. The van der Waals surface area contributed by atoms with Crippen molar-refractivity contribution in [3.8, 4) is 0 Å². The lowest BCUT2D eigenvalue weighted by Crippen LogP contribution is -2.45. The zero-order valence-electron chi connectivity index (χ0n) is 10.7. The number of aliphatic hydroxyl groups is 1. The monoisotopic (exact) mass is 295 g/mol. The molecule has 2 fully saturated rings. The van der Waals surface area contributed by atoms with Crippen LogP contribution in [0.1, 0.15) is 30.7 Å². The second-order valence-electron chi connectivity index (χ2n) is 5.69. The predicted molar refractivity (Wildman–Crippen MR) is 72.3 cm³/mol. The van der Waals surface area contributed by atoms with E-state index in [1.165, 1.54) is 0 Å². The Kier molecular flexibility index (Phi) is 3.06. The van der Waals surface area contributed by atoms with Crippen LogP contribution in [-0.2, 0) is 4.79 Å². The first-order chi connectivity index (χ1) is 9.42. The standard InChI is InChI=1S/C14H14ClNO4/c15-9-3-1-8(2-4-9)12-10-7-14(18,6-5-11(10)17)13(12)16(19)20/h1-4,10,12-13,18H,5-7H2. The first-order valence-electron chi connectivity index (χ1n) is 6.56. The van der Waals surface area contributed by atoms with Crippen LogP contribution >= 0.6 is 11.6 Å². The van der Waals surface area contributed by atoms with Crippen molar-refractivity contribution < 1.29 is 14.8 Å². The second-order valence-corrected chi connectivity index (χ2v) is 6.12. The van der Waals surface area contributed by atoms with Gasteiger partial charge in [0.15, 0.2) is 0 Å². The lowest BCUT2D eigenvalue weighted by atomic mass is 9.82. The molecule has 4 unspecified atom stereocenters. The first kappa shape index (κ1) is 13.5. The lowest BCUT2D eigenvalue weighted by Gasteiger charge is -2.26. The van der Waals surface area contributed by atoms with Gasteiger partial charge in [0.1, 0.15) is 11.4 Å². The Hall–Kier alpha value is -1.46. The van der Waals surface area contributed by atoms with E-state index in [2.05, 4.69) is 0 Å². The molecule has 20 heavy (non-hydrogen) atoms. The van der Waals surface area contributed by atoms with E-state index in [9.17, 15) is 20.0 Å². The number of benzene rings is 1. The lowest BCUT2D eigenvalue weighted by molar-refractivity contribution is -0.544. The summed E-state index contributed by atoms with van der Waals surface area (Å²) < 4.78 is 0. The van der Waals surface area contributed by atoms with Crippen molar-refractivity contribution in [2.45, 2.75) is 36.8 Å². The SMILES string of the molecule is O=C1CCC2(O)CC1C(c1ccc(Cl)cc1)C2[N+](=O)[O-]. The minimum absolute atomic E-state index is 0.0129. The fraction of sp³-hybridized carbons (Fsp3) is 0.500. The average Bonchev–Trinajstić information content (AvgIpc) is 2.66. The minimum atomic E-state index is -1.37. The molecular formula is C14H14ClNO4. The molecule has 1 aromatic rings. The molecule has 1 N–H and O–H groups in total. The Labute approximate surface area is 120 Å². The van der Waals surface area contributed by atoms with Crippen molar-refractivity contribution in [3.05, 3.63) is 45.0 Å². The summed E-state index contributed by atoms with van der Waals surface area (Å²) in [5.41, 5.74) is -0.667. The number of nitrogens with zero attached hydrogens (tertiary/aromatic N) is 1. The van der Waals surface area contributed by atoms with E-state index in [0.717, 1.165) is 0 Å². The molecule has 2 aliphatic rings. The van der Waals surface area contributed by atoms with Gasteiger partial charge in [0.05, 0.1) is 5.92 Å². The van der Waals surface area contributed by atoms with Crippen molar-refractivity contribution in [1.82, 2.24) is 0 Å². The molecule has 5 nitrogen and oxygen atoms in total. The van der Waals surface area contributed by atoms with Crippen LogP contribution in [0.15, 0.2) is 24.3 Å². The number of nitro groups is 1. The van der Waals surface area contributed by atoms with Gasteiger partial charge in [-0.05, 0) is 30.5 Å². The van der Waals surface area contributed by atoms with Crippen LogP contribution in [0.3, 0.4) is 0 Å². The summed E-state index contributed by atoms with van der Waals surface area (Å²) in [6, 6.07) is 5.61. The maximum Gasteiger partial charge on any atom is 0.248 e. The predicted octanol–water partition coefficient (Wildman–Crippen LogP) is 2.18. The van der Waals surface area contributed by atoms with Gasteiger partial charge >= 0.3 is 0 Å². The molecule has 0 heterocycles. The molecule has 2 bridgehead atoms. The van der Waals surface area contributed by atoms with E-state index >= 15 is 0 Å². The summed E-state index contributed by atoms with van der Waals surface area (Å²) >= 11 is 5.83. The molecule has 4 atom stereocenters. The molecule has 106 valence electrons. The van der Waals surface area contributed by atoms with Crippen LogP contribution in [0.25, 0.3) is 0 Å². The van der Waals surface area contributed by atoms with Crippen molar-refractivity contribution in [2.75, 3.05) is 0 Å². The highest BCUT2D eigenvalue weighted by atomic mass is 35.5. The van der Waals surface area contributed by atoms with Crippen molar-refractivity contribution in [1.29, 1.82) is 0 Å². The number of carbonyl (C=O) groups excluding carboxylic acids is 1. The maximum atomic E-state index is 12.1.